The Morgan fingerprint density at radius 2 is 2.25 bits per heavy atom. The number of amides is 1. The van der Waals surface area contributed by atoms with Gasteiger partial charge in [0.25, 0.3) is 11.6 Å². The Balaban J connectivity index is 2.10. The van der Waals surface area contributed by atoms with Gasteiger partial charge < -0.3 is 9.88 Å². The summed E-state index contributed by atoms with van der Waals surface area (Å²) < 4.78 is 1.81. The maximum Gasteiger partial charge on any atom is 0.269 e. The molecule has 0 aliphatic carbocycles. The summed E-state index contributed by atoms with van der Waals surface area (Å²) in [6, 6.07) is 4.17. The van der Waals surface area contributed by atoms with E-state index in [1.165, 1.54) is 18.2 Å². The molecule has 0 fully saturated rings. The number of carbonyl (C=O) groups excluding carboxylic acids is 1. The average Bonchev–Trinajstić information content (AvgIpc) is 2.81. The van der Waals surface area contributed by atoms with Gasteiger partial charge in [0, 0.05) is 37.1 Å². The van der Waals surface area contributed by atoms with E-state index in [0.29, 0.717) is 17.7 Å². The third-order valence-electron chi connectivity index (χ3n) is 2.99. The fraction of sp³-hybridized carbons (Fsp3) is 0.231. The first-order valence-electron chi connectivity index (χ1n) is 5.98. The topological polar surface area (TPSA) is 90.1 Å². The summed E-state index contributed by atoms with van der Waals surface area (Å²) in [5.41, 5.74) is 0.963. The first-order chi connectivity index (χ1) is 9.49. The van der Waals surface area contributed by atoms with E-state index in [9.17, 15) is 14.9 Å². The number of rotatable bonds is 4. The number of non-ortho nitro benzene ring substituents is 1. The maximum atomic E-state index is 12.0. The van der Waals surface area contributed by atoms with Crippen LogP contribution in [0.25, 0.3) is 0 Å². The third-order valence-corrected chi connectivity index (χ3v) is 2.99. The molecule has 1 amide bonds. The highest BCUT2D eigenvalue weighted by molar-refractivity contribution is 5.95. The molecule has 0 bridgehead atoms. The van der Waals surface area contributed by atoms with E-state index < -0.39 is 4.92 Å². The lowest BCUT2D eigenvalue weighted by Crippen LogP contribution is -2.25. The van der Waals surface area contributed by atoms with Crippen molar-refractivity contribution in [2.45, 2.75) is 13.5 Å². The van der Waals surface area contributed by atoms with Crippen molar-refractivity contribution in [3.63, 3.8) is 0 Å². The molecule has 1 N–H and O–H groups in total. The second-order valence-corrected chi connectivity index (χ2v) is 4.39. The lowest BCUT2D eigenvalue weighted by molar-refractivity contribution is -0.384. The quantitative estimate of drug-likeness (QED) is 0.676. The number of carbonyl (C=O) groups is 1. The van der Waals surface area contributed by atoms with Crippen LogP contribution in [0.15, 0.2) is 30.6 Å². The van der Waals surface area contributed by atoms with E-state index in [1.807, 2.05) is 11.6 Å². The predicted molar refractivity (Wildman–Crippen MR) is 72.2 cm³/mol. The molecule has 2 aromatic rings. The fourth-order valence-electron chi connectivity index (χ4n) is 1.84. The van der Waals surface area contributed by atoms with Gasteiger partial charge in [0.2, 0.25) is 0 Å². The zero-order chi connectivity index (χ0) is 14.7. The van der Waals surface area contributed by atoms with E-state index in [4.69, 9.17) is 0 Å². The zero-order valence-corrected chi connectivity index (χ0v) is 11.2. The number of benzene rings is 1. The number of nitrogens with one attached hydrogen (secondary N) is 1. The molecular formula is C13H14N4O3. The summed E-state index contributed by atoms with van der Waals surface area (Å²) in [6.45, 7) is 1.97. The van der Waals surface area contributed by atoms with E-state index in [1.54, 1.807) is 19.3 Å². The van der Waals surface area contributed by atoms with Crippen LogP contribution < -0.4 is 5.32 Å². The van der Waals surface area contributed by atoms with Gasteiger partial charge in [0.05, 0.1) is 11.5 Å². The van der Waals surface area contributed by atoms with Gasteiger partial charge in [-0.1, -0.05) is 0 Å². The van der Waals surface area contributed by atoms with E-state index in [-0.39, 0.29) is 11.6 Å². The minimum absolute atomic E-state index is 0.0249. The number of aromatic nitrogens is 2. The summed E-state index contributed by atoms with van der Waals surface area (Å²) >= 11 is 0. The smallest absolute Gasteiger partial charge is 0.269 e. The number of hydrogen-bond acceptors (Lipinski definition) is 4. The Kier molecular flexibility index (Phi) is 3.79. The van der Waals surface area contributed by atoms with Crippen LogP contribution in [0.3, 0.4) is 0 Å². The van der Waals surface area contributed by atoms with Crippen LogP contribution in [0, 0.1) is 17.0 Å². The number of nitrogens with zero attached hydrogens (tertiary/aromatic N) is 3. The van der Waals surface area contributed by atoms with Gasteiger partial charge in [-0.15, -0.1) is 0 Å². The van der Waals surface area contributed by atoms with Gasteiger partial charge in [0.1, 0.15) is 5.82 Å². The summed E-state index contributed by atoms with van der Waals surface area (Å²) in [6.07, 6.45) is 3.44. The van der Waals surface area contributed by atoms with Crippen molar-refractivity contribution >= 4 is 11.6 Å². The Labute approximate surface area is 115 Å². The van der Waals surface area contributed by atoms with E-state index in [0.717, 1.165) is 5.82 Å². The van der Waals surface area contributed by atoms with Gasteiger partial charge in [-0.05, 0) is 18.6 Å². The summed E-state index contributed by atoms with van der Waals surface area (Å²) in [4.78, 5) is 26.3. The fourth-order valence-corrected chi connectivity index (χ4v) is 1.84. The van der Waals surface area contributed by atoms with Crippen LogP contribution in [-0.4, -0.2) is 20.4 Å². The third kappa shape index (κ3) is 2.82. The second kappa shape index (κ2) is 5.52. The molecule has 104 valence electrons. The molecule has 0 unspecified atom stereocenters. The monoisotopic (exact) mass is 274 g/mol. The molecule has 2 rings (SSSR count). The lowest BCUT2D eigenvalue weighted by atomic mass is 10.1. The number of hydrogen-bond donors (Lipinski definition) is 1. The van der Waals surface area contributed by atoms with Crippen molar-refractivity contribution in [1.82, 2.24) is 14.9 Å². The van der Waals surface area contributed by atoms with Crippen molar-refractivity contribution in [2.75, 3.05) is 0 Å². The van der Waals surface area contributed by atoms with Gasteiger partial charge in [-0.2, -0.15) is 0 Å². The van der Waals surface area contributed by atoms with Crippen molar-refractivity contribution in [2.24, 2.45) is 7.05 Å². The van der Waals surface area contributed by atoms with Crippen molar-refractivity contribution in [3.8, 4) is 0 Å². The van der Waals surface area contributed by atoms with Crippen LogP contribution in [0.1, 0.15) is 21.7 Å². The summed E-state index contributed by atoms with van der Waals surface area (Å²) in [5.74, 6) is 0.457. The summed E-state index contributed by atoms with van der Waals surface area (Å²) in [7, 11) is 1.84. The highest BCUT2D eigenvalue weighted by Gasteiger charge is 2.13. The molecule has 0 radical (unpaired) electrons. The lowest BCUT2D eigenvalue weighted by Gasteiger charge is -2.07. The first-order valence-corrected chi connectivity index (χ1v) is 5.98. The molecule has 0 saturated heterocycles. The normalized spacial score (nSPS) is 10.3. The predicted octanol–water partition coefficient (Wildman–Crippen LogP) is 1.57. The number of imidazole rings is 1. The highest BCUT2D eigenvalue weighted by atomic mass is 16.6. The second-order valence-electron chi connectivity index (χ2n) is 4.39. The number of nitro groups is 1. The summed E-state index contributed by atoms with van der Waals surface area (Å²) in [5, 5.41) is 13.4. The van der Waals surface area contributed by atoms with Gasteiger partial charge in [0.15, 0.2) is 0 Å². The molecule has 7 heteroatoms. The first kappa shape index (κ1) is 13.7. The number of nitro benzene ring substituents is 1. The molecule has 7 nitrogen and oxygen atoms in total. The highest BCUT2D eigenvalue weighted by Crippen LogP contribution is 2.17. The van der Waals surface area contributed by atoms with Crippen molar-refractivity contribution in [3.05, 3.63) is 57.7 Å². The van der Waals surface area contributed by atoms with Crippen LogP contribution in [0.2, 0.25) is 0 Å². The molecule has 0 atom stereocenters. The Bertz CT molecular complexity index is 663. The molecule has 1 aromatic carbocycles. The van der Waals surface area contributed by atoms with Crippen LogP contribution >= 0.6 is 0 Å². The maximum absolute atomic E-state index is 12.0. The molecular weight excluding hydrogens is 260 g/mol. The minimum Gasteiger partial charge on any atom is -0.345 e. The Morgan fingerprint density at radius 1 is 1.50 bits per heavy atom. The van der Waals surface area contributed by atoms with E-state index in [2.05, 4.69) is 10.3 Å². The zero-order valence-electron chi connectivity index (χ0n) is 11.2. The Hall–Kier alpha value is -2.70. The van der Waals surface area contributed by atoms with Crippen LogP contribution in [0.4, 0.5) is 5.69 Å². The van der Waals surface area contributed by atoms with Crippen LogP contribution in [-0.2, 0) is 13.6 Å². The largest absolute Gasteiger partial charge is 0.345 e. The molecule has 1 aromatic heterocycles. The number of aryl methyl sites for hydroxylation is 2. The Morgan fingerprint density at radius 3 is 2.80 bits per heavy atom. The average molecular weight is 274 g/mol. The van der Waals surface area contributed by atoms with Crippen molar-refractivity contribution in [1.29, 1.82) is 0 Å². The van der Waals surface area contributed by atoms with Crippen molar-refractivity contribution < 1.29 is 9.72 Å². The minimum atomic E-state index is -0.484. The van der Waals surface area contributed by atoms with Gasteiger partial charge >= 0.3 is 0 Å². The SMILES string of the molecule is Cc1cc([N+](=O)[O-])ccc1C(=O)NCc1nccn1C. The van der Waals surface area contributed by atoms with Gasteiger partial charge in [-0.3, -0.25) is 14.9 Å². The standard InChI is InChI=1S/C13H14N4O3/c1-9-7-10(17(19)20)3-4-11(9)13(18)15-8-12-14-5-6-16(12)2/h3-7H,8H2,1-2H3,(H,15,18). The molecule has 0 aliphatic rings. The molecule has 0 aliphatic heterocycles. The molecule has 1 heterocycles. The van der Waals surface area contributed by atoms with Gasteiger partial charge in [-0.25, -0.2) is 4.98 Å². The molecule has 0 saturated carbocycles. The molecule has 0 spiro atoms. The van der Waals surface area contributed by atoms with E-state index >= 15 is 0 Å². The molecule has 20 heavy (non-hydrogen) atoms. The van der Waals surface area contributed by atoms with Crippen LogP contribution in [0.5, 0.6) is 0 Å².